The van der Waals surface area contributed by atoms with Crippen molar-refractivity contribution in [2.24, 2.45) is 0 Å². The maximum absolute atomic E-state index is 5.54. The Morgan fingerprint density at radius 3 is 2.38 bits per heavy atom. The third kappa shape index (κ3) is 2.46. The number of benzene rings is 1. The quantitative estimate of drug-likeness (QED) is 0.811. The van der Waals surface area contributed by atoms with Crippen molar-refractivity contribution in [2.75, 3.05) is 31.4 Å². The molecule has 3 heteroatoms. The molecule has 1 rings (SSSR count). The molecular weight excluding hydrogens is 218 g/mol. The largest absolute Gasteiger partial charge is 0.494 e. The summed E-state index contributed by atoms with van der Waals surface area (Å²) < 4.78 is 5.54. The summed E-state index contributed by atoms with van der Waals surface area (Å²) in [6.07, 6.45) is 0. The number of aryl methyl sites for hydroxylation is 2. The lowest BCUT2D eigenvalue weighted by molar-refractivity contribution is 0.411. The van der Waals surface area contributed by atoms with Gasteiger partial charge in [-0.3, -0.25) is 0 Å². The molecule has 0 atom stereocenters. The van der Waals surface area contributed by atoms with E-state index in [9.17, 15) is 0 Å². The van der Waals surface area contributed by atoms with Crippen LogP contribution in [0.3, 0.4) is 0 Å². The second kappa shape index (κ2) is 5.48. The van der Waals surface area contributed by atoms with Crippen LogP contribution in [0.1, 0.15) is 16.7 Å². The van der Waals surface area contributed by atoms with Crippen LogP contribution in [0.2, 0.25) is 0 Å². The maximum atomic E-state index is 5.54. The van der Waals surface area contributed by atoms with E-state index in [0.717, 1.165) is 18.0 Å². The highest BCUT2D eigenvalue weighted by Crippen LogP contribution is 2.36. The van der Waals surface area contributed by atoms with Crippen LogP contribution in [0.4, 0.5) is 5.69 Å². The highest BCUT2D eigenvalue weighted by atomic mass is 32.1. The Bertz CT molecular complexity index is 377. The smallest absolute Gasteiger partial charge is 0.145 e. The molecule has 0 saturated heterocycles. The van der Waals surface area contributed by atoms with Gasteiger partial charge in [-0.15, -0.1) is 0 Å². The lowest BCUT2D eigenvalue weighted by Gasteiger charge is -2.25. The minimum Gasteiger partial charge on any atom is -0.494 e. The van der Waals surface area contributed by atoms with E-state index in [4.69, 9.17) is 4.74 Å². The summed E-state index contributed by atoms with van der Waals surface area (Å²) in [5.74, 6) is 1.83. The molecule has 0 radical (unpaired) electrons. The van der Waals surface area contributed by atoms with Gasteiger partial charge in [0.15, 0.2) is 0 Å². The van der Waals surface area contributed by atoms with Gasteiger partial charge in [-0.2, -0.15) is 12.6 Å². The second-order valence-electron chi connectivity index (χ2n) is 4.16. The van der Waals surface area contributed by atoms with Crippen LogP contribution in [0.25, 0.3) is 0 Å². The molecular formula is C13H21NOS. The molecule has 1 aromatic carbocycles. The van der Waals surface area contributed by atoms with Crippen LogP contribution >= 0.6 is 12.6 Å². The van der Waals surface area contributed by atoms with Crippen molar-refractivity contribution in [1.82, 2.24) is 0 Å². The number of ether oxygens (including phenoxy) is 1. The zero-order valence-electron chi connectivity index (χ0n) is 10.8. The number of anilines is 1. The van der Waals surface area contributed by atoms with Crippen molar-refractivity contribution in [3.05, 3.63) is 22.8 Å². The molecule has 0 fully saturated rings. The summed E-state index contributed by atoms with van der Waals surface area (Å²) in [5.41, 5.74) is 4.93. The van der Waals surface area contributed by atoms with Crippen molar-refractivity contribution >= 4 is 18.3 Å². The van der Waals surface area contributed by atoms with Crippen LogP contribution in [0.5, 0.6) is 5.75 Å². The number of thiol groups is 1. The van der Waals surface area contributed by atoms with Crippen molar-refractivity contribution in [3.8, 4) is 5.75 Å². The monoisotopic (exact) mass is 239 g/mol. The van der Waals surface area contributed by atoms with E-state index < -0.39 is 0 Å². The number of rotatable bonds is 4. The fraction of sp³-hybridized carbons (Fsp3) is 0.538. The number of nitrogens with zero attached hydrogens (tertiary/aromatic N) is 1. The molecule has 0 spiro atoms. The first-order valence-electron chi connectivity index (χ1n) is 5.49. The van der Waals surface area contributed by atoms with Gasteiger partial charge < -0.3 is 9.64 Å². The Morgan fingerprint density at radius 1 is 1.25 bits per heavy atom. The molecule has 90 valence electrons. The van der Waals surface area contributed by atoms with Gasteiger partial charge in [-0.25, -0.2) is 0 Å². The Balaban J connectivity index is 3.30. The standard InChI is InChI=1S/C13H21NOS/c1-9-8-10(2)12(14(4)6-7-16)13(15-5)11(9)3/h8,16H,6-7H2,1-5H3. The van der Waals surface area contributed by atoms with E-state index in [1.54, 1.807) is 7.11 Å². The summed E-state index contributed by atoms with van der Waals surface area (Å²) in [5, 5.41) is 0. The van der Waals surface area contributed by atoms with Gasteiger partial charge in [-0.05, 0) is 37.5 Å². The van der Waals surface area contributed by atoms with Gasteiger partial charge >= 0.3 is 0 Å². The zero-order chi connectivity index (χ0) is 12.3. The third-order valence-electron chi connectivity index (χ3n) is 2.97. The van der Waals surface area contributed by atoms with E-state index in [1.807, 2.05) is 0 Å². The van der Waals surface area contributed by atoms with Gasteiger partial charge in [0.25, 0.3) is 0 Å². The van der Waals surface area contributed by atoms with Gasteiger partial charge in [-0.1, -0.05) is 6.07 Å². The first-order valence-corrected chi connectivity index (χ1v) is 6.13. The minimum absolute atomic E-state index is 0.839. The minimum atomic E-state index is 0.839. The summed E-state index contributed by atoms with van der Waals surface area (Å²) >= 11 is 4.27. The van der Waals surface area contributed by atoms with E-state index in [-0.39, 0.29) is 0 Å². The molecule has 0 aliphatic heterocycles. The highest BCUT2D eigenvalue weighted by molar-refractivity contribution is 7.80. The van der Waals surface area contributed by atoms with E-state index in [2.05, 4.69) is 51.4 Å². The van der Waals surface area contributed by atoms with Gasteiger partial charge in [0.1, 0.15) is 5.75 Å². The Hall–Kier alpha value is -0.830. The lowest BCUT2D eigenvalue weighted by Crippen LogP contribution is -2.21. The molecule has 0 amide bonds. The Kier molecular flexibility index (Phi) is 4.54. The second-order valence-corrected chi connectivity index (χ2v) is 4.61. The fourth-order valence-corrected chi connectivity index (χ4v) is 2.32. The normalized spacial score (nSPS) is 10.4. The number of methoxy groups -OCH3 is 1. The predicted octanol–water partition coefficient (Wildman–Crippen LogP) is 2.99. The van der Waals surface area contributed by atoms with Crippen LogP contribution in [-0.2, 0) is 0 Å². The predicted molar refractivity (Wildman–Crippen MR) is 74.3 cm³/mol. The summed E-state index contributed by atoms with van der Waals surface area (Å²) in [7, 11) is 3.81. The molecule has 0 N–H and O–H groups in total. The van der Waals surface area contributed by atoms with Crippen LogP contribution < -0.4 is 9.64 Å². The molecule has 0 unspecified atom stereocenters. The van der Waals surface area contributed by atoms with E-state index in [0.29, 0.717) is 0 Å². The van der Waals surface area contributed by atoms with Crippen molar-refractivity contribution in [2.45, 2.75) is 20.8 Å². The van der Waals surface area contributed by atoms with Crippen molar-refractivity contribution in [3.63, 3.8) is 0 Å². The topological polar surface area (TPSA) is 12.5 Å². The van der Waals surface area contributed by atoms with Gasteiger partial charge in [0, 0.05) is 19.3 Å². The Labute approximate surface area is 104 Å². The van der Waals surface area contributed by atoms with Crippen LogP contribution in [0, 0.1) is 20.8 Å². The highest BCUT2D eigenvalue weighted by Gasteiger charge is 2.15. The summed E-state index contributed by atoms with van der Waals surface area (Å²) in [6.45, 7) is 7.26. The maximum Gasteiger partial charge on any atom is 0.145 e. The van der Waals surface area contributed by atoms with Crippen LogP contribution in [-0.4, -0.2) is 26.5 Å². The molecule has 16 heavy (non-hydrogen) atoms. The Morgan fingerprint density at radius 2 is 1.88 bits per heavy atom. The zero-order valence-corrected chi connectivity index (χ0v) is 11.7. The SMILES string of the molecule is COc1c(C)c(C)cc(C)c1N(C)CCS. The molecule has 0 saturated carbocycles. The van der Waals surface area contributed by atoms with Crippen molar-refractivity contribution in [1.29, 1.82) is 0 Å². The summed E-state index contributed by atoms with van der Waals surface area (Å²) in [4.78, 5) is 2.20. The molecule has 0 aliphatic rings. The third-order valence-corrected chi connectivity index (χ3v) is 3.17. The molecule has 2 nitrogen and oxygen atoms in total. The molecule has 0 heterocycles. The van der Waals surface area contributed by atoms with Crippen molar-refractivity contribution < 1.29 is 4.74 Å². The van der Waals surface area contributed by atoms with E-state index in [1.165, 1.54) is 22.4 Å². The van der Waals surface area contributed by atoms with Gasteiger partial charge in [0.05, 0.1) is 12.8 Å². The molecule has 0 aliphatic carbocycles. The molecule has 0 aromatic heterocycles. The van der Waals surface area contributed by atoms with Crippen LogP contribution in [0.15, 0.2) is 6.07 Å². The molecule has 1 aromatic rings. The number of hydrogen-bond donors (Lipinski definition) is 1. The fourth-order valence-electron chi connectivity index (χ4n) is 2.02. The van der Waals surface area contributed by atoms with Gasteiger partial charge in [0.2, 0.25) is 0 Å². The molecule has 0 bridgehead atoms. The lowest BCUT2D eigenvalue weighted by atomic mass is 10.0. The van der Waals surface area contributed by atoms with E-state index >= 15 is 0 Å². The first kappa shape index (κ1) is 13.2. The average molecular weight is 239 g/mol. The first-order chi connectivity index (χ1) is 7.52. The summed E-state index contributed by atoms with van der Waals surface area (Å²) in [6, 6.07) is 2.21. The number of hydrogen-bond acceptors (Lipinski definition) is 3. The average Bonchev–Trinajstić information content (AvgIpc) is 2.23.